The van der Waals surface area contributed by atoms with E-state index in [1.807, 2.05) is 19.1 Å². The summed E-state index contributed by atoms with van der Waals surface area (Å²) in [6, 6.07) is 4.01. The summed E-state index contributed by atoms with van der Waals surface area (Å²) in [5.41, 5.74) is 0.228. The Morgan fingerprint density at radius 1 is 1.47 bits per heavy atom. The van der Waals surface area contributed by atoms with E-state index in [1.54, 1.807) is 11.3 Å². The van der Waals surface area contributed by atoms with Crippen LogP contribution in [0.25, 0.3) is 0 Å². The molecule has 88 valence electrons. The van der Waals surface area contributed by atoms with Crippen molar-refractivity contribution in [1.82, 2.24) is 15.3 Å². The third-order valence-electron chi connectivity index (χ3n) is 2.06. The highest BCUT2D eigenvalue weighted by molar-refractivity contribution is 7.11. The zero-order valence-corrected chi connectivity index (χ0v) is 10.7. The smallest absolute Gasteiger partial charge is 0.271 e. The van der Waals surface area contributed by atoms with Crippen molar-refractivity contribution in [1.29, 1.82) is 0 Å². The van der Waals surface area contributed by atoms with Crippen molar-refractivity contribution in [3.8, 4) is 0 Å². The molecule has 4 nitrogen and oxygen atoms in total. The Morgan fingerprint density at radius 3 is 2.94 bits per heavy atom. The molecule has 6 heteroatoms. The summed E-state index contributed by atoms with van der Waals surface area (Å²) in [6.07, 6.45) is 2.78. The van der Waals surface area contributed by atoms with E-state index in [1.165, 1.54) is 17.3 Å². The average Bonchev–Trinajstić information content (AvgIpc) is 2.72. The Labute approximate surface area is 108 Å². The van der Waals surface area contributed by atoms with Gasteiger partial charge < -0.3 is 5.32 Å². The number of hydrogen-bond acceptors (Lipinski definition) is 4. The number of thiophene rings is 1. The first-order valence-corrected chi connectivity index (χ1v) is 6.15. The number of halogens is 1. The van der Waals surface area contributed by atoms with E-state index in [4.69, 9.17) is 11.6 Å². The monoisotopic (exact) mass is 267 g/mol. The van der Waals surface area contributed by atoms with Crippen molar-refractivity contribution >= 4 is 28.8 Å². The first-order chi connectivity index (χ1) is 8.15. The first kappa shape index (κ1) is 12.0. The summed E-state index contributed by atoms with van der Waals surface area (Å²) in [5.74, 6) is -0.272. The predicted molar refractivity (Wildman–Crippen MR) is 67.3 cm³/mol. The molecule has 1 N–H and O–H groups in total. The minimum Gasteiger partial charge on any atom is -0.346 e. The van der Waals surface area contributed by atoms with Crippen LogP contribution in [0.5, 0.6) is 0 Å². The van der Waals surface area contributed by atoms with Gasteiger partial charge in [0.1, 0.15) is 10.8 Å². The SMILES string of the molecule is Cc1ccc(CNC(=O)c2cncc(Cl)n2)s1. The van der Waals surface area contributed by atoms with Gasteiger partial charge in [0, 0.05) is 9.75 Å². The van der Waals surface area contributed by atoms with E-state index in [9.17, 15) is 4.79 Å². The first-order valence-electron chi connectivity index (χ1n) is 4.96. The van der Waals surface area contributed by atoms with Gasteiger partial charge in [-0.25, -0.2) is 4.98 Å². The zero-order chi connectivity index (χ0) is 12.3. The van der Waals surface area contributed by atoms with Crippen molar-refractivity contribution in [3.63, 3.8) is 0 Å². The lowest BCUT2D eigenvalue weighted by molar-refractivity contribution is 0.0946. The molecule has 0 spiro atoms. The van der Waals surface area contributed by atoms with Crippen molar-refractivity contribution in [2.45, 2.75) is 13.5 Å². The van der Waals surface area contributed by atoms with Crippen molar-refractivity contribution in [3.05, 3.63) is 45.1 Å². The van der Waals surface area contributed by atoms with Gasteiger partial charge in [0.05, 0.1) is 18.9 Å². The molecule has 0 saturated carbocycles. The number of nitrogens with zero attached hydrogens (tertiary/aromatic N) is 2. The fourth-order valence-electron chi connectivity index (χ4n) is 1.29. The van der Waals surface area contributed by atoms with E-state index >= 15 is 0 Å². The maximum Gasteiger partial charge on any atom is 0.271 e. The van der Waals surface area contributed by atoms with Gasteiger partial charge in [-0.15, -0.1) is 11.3 Å². The van der Waals surface area contributed by atoms with Gasteiger partial charge in [-0.05, 0) is 19.1 Å². The topological polar surface area (TPSA) is 54.9 Å². The van der Waals surface area contributed by atoms with Gasteiger partial charge in [-0.3, -0.25) is 9.78 Å². The number of carbonyl (C=O) groups excluding carboxylic acids is 1. The van der Waals surface area contributed by atoms with Crippen LogP contribution in [0, 0.1) is 6.92 Å². The zero-order valence-electron chi connectivity index (χ0n) is 9.11. The van der Waals surface area contributed by atoms with Gasteiger partial charge in [-0.2, -0.15) is 0 Å². The van der Waals surface area contributed by atoms with E-state index in [-0.39, 0.29) is 16.8 Å². The quantitative estimate of drug-likeness (QED) is 0.929. The maximum atomic E-state index is 11.7. The van der Waals surface area contributed by atoms with Crippen LogP contribution in [0.3, 0.4) is 0 Å². The molecule has 0 aliphatic heterocycles. The van der Waals surface area contributed by atoms with Crippen molar-refractivity contribution in [2.24, 2.45) is 0 Å². The second-order valence-electron chi connectivity index (χ2n) is 3.42. The Bertz CT molecular complexity index is 541. The summed E-state index contributed by atoms with van der Waals surface area (Å²) in [6.45, 7) is 2.52. The molecule has 0 aliphatic rings. The van der Waals surface area contributed by atoms with Crippen molar-refractivity contribution < 1.29 is 4.79 Å². The van der Waals surface area contributed by atoms with Gasteiger partial charge in [0.2, 0.25) is 0 Å². The van der Waals surface area contributed by atoms with E-state index in [0.29, 0.717) is 6.54 Å². The molecule has 0 unspecified atom stereocenters. The van der Waals surface area contributed by atoms with E-state index < -0.39 is 0 Å². The molecular formula is C11H10ClN3OS. The third kappa shape index (κ3) is 3.25. The molecule has 0 bridgehead atoms. The van der Waals surface area contributed by atoms with Crippen LogP contribution in [0.2, 0.25) is 5.15 Å². The summed E-state index contributed by atoms with van der Waals surface area (Å²) in [7, 11) is 0. The number of nitrogens with one attached hydrogen (secondary N) is 1. The van der Waals surface area contributed by atoms with Crippen LogP contribution < -0.4 is 5.32 Å². The molecule has 0 aliphatic carbocycles. The van der Waals surface area contributed by atoms with Crippen LogP contribution in [0.1, 0.15) is 20.2 Å². The van der Waals surface area contributed by atoms with Crippen LogP contribution >= 0.6 is 22.9 Å². The molecule has 0 saturated heterocycles. The van der Waals surface area contributed by atoms with Crippen LogP contribution in [0.15, 0.2) is 24.5 Å². The predicted octanol–water partition coefficient (Wildman–Crippen LogP) is 2.43. The number of aryl methyl sites for hydroxylation is 1. The lowest BCUT2D eigenvalue weighted by Crippen LogP contribution is -2.23. The molecule has 2 aromatic rings. The minimum absolute atomic E-state index is 0.213. The molecule has 0 atom stereocenters. The van der Waals surface area contributed by atoms with Gasteiger partial charge in [0.15, 0.2) is 0 Å². The fourth-order valence-corrected chi connectivity index (χ4v) is 2.27. The van der Waals surface area contributed by atoms with E-state index in [2.05, 4.69) is 15.3 Å². The minimum atomic E-state index is -0.272. The third-order valence-corrected chi connectivity index (χ3v) is 3.24. The molecule has 2 aromatic heterocycles. The van der Waals surface area contributed by atoms with Crippen LogP contribution in [-0.2, 0) is 6.54 Å². The number of amides is 1. The van der Waals surface area contributed by atoms with Gasteiger partial charge >= 0.3 is 0 Å². The van der Waals surface area contributed by atoms with Crippen LogP contribution in [0.4, 0.5) is 0 Å². The number of carbonyl (C=O) groups is 1. The lowest BCUT2D eigenvalue weighted by atomic mass is 10.4. The highest BCUT2D eigenvalue weighted by Crippen LogP contribution is 2.14. The summed E-state index contributed by atoms with van der Waals surface area (Å²) < 4.78 is 0. The molecule has 0 fully saturated rings. The average molecular weight is 268 g/mol. The molecule has 1 amide bonds. The highest BCUT2D eigenvalue weighted by Gasteiger charge is 2.08. The second-order valence-corrected chi connectivity index (χ2v) is 5.18. The normalized spacial score (nSPS) is 10.2. The largest absolute Gasteiger partial charge is 0.346 e. The Morgan fingerprint density at radius 2 is 2.29 bits per heavy atom. The fraction of sp³-hybridized carbons (Fsp3) is 0.182. The van der Waals surface area contributed by atoms with Crippen molar-refractivity contribution in [2.75, 3.05) is 0 Å². The highest BCUT2D eigenvalue weighted by atomic mass is 35.5. The molecule has 17 heavy (non-hydrogen) atoms. The van der Waals surface area contributed by atoms with Gasteiger partial charge in [-0.1, -0.05) is 11.6 Å². The Kier molecular flexibility index (Phi) is 3.71. The summed E-state index contributed by atoms with van der Waals surface area (Å²) in [4.78, 5) is 21.7. The van der Waals surface area contributed by atoms with Crippen LogP contribution in [-0.4, -0.2) is 15.9 Å². The maximum absolute atomic E-state index is 11.7. The molecule has 2 rings (SSSR count). The molecular weight excluding hydrogens is 258 g/mol. The second kappa shape index (κ2) is 5.25. The Hall–Kier alpha value is -1.46. The molecule has 2 heterocycles. The summed E-state index contributed by atoms with van der Waals surface area (Å²) >= 11 is 7.31. The number of aromatic nitrogens is 2. The summed E-state index contributed by atoms with van der Waals surface area (Å²) in [5, 5.41) is 2.98. The standard InChI is InChI=1S/C11H10ClN3OS/c1-7-2-3-8(17-7)4-14-11(16)9-5-13-6-10(12)15-9/h2-3,5-6H,4H2,1H3,(H,14,16). The number of hydrogen-bond donors (Lipinski definition) is 1. The molecule has 0 aromatic carbocycles. The molecule has 0 radical (unpaired) electrons. The lowest BCUT2D eigenvalue weighted by Gasteiger charge is -2.02. The number of rotatable bonds is 3. The van der Waals surface area contributed by atoms with Gasteiger partial charge in [0.25, 0.3) is 5.91 Å². The van der Waals surface area contributed by atoms with E-state index in [0.717, 1.165) is 4.88 Å². The Balaban J connectivity index is 1.98.